The maximum Gasteiger partial charge on any atom is 0.260 e. The number of aliphatic hydroxyl groups excluding tert-OH is 1. The Morgan fingerprint density at radius 3 is 2.67 bits per heavy atom. The zero-order chi connectivity index (χ0) is 13.5. The van der Waals surface area contributed by atoms with Gasteiger partial charge in [-0.3, -0.25) is 4.79 Å². The summed E-state index contributed by atoms with van der Waals surface area (Å²) in [5, 5.41) is 8.91. The molecule has 0 unspecified atom stereocenters. The molecule has 1 amide bonds. The first kappa shape index (κ1) is 14.3. The molecule has 18 heavy (non-hydrogen) atoms. The van der Waals surface area contributed by atoms with E-state index in [0.29, 0.717) is 18.0 Å². The molecule has 0 saturated heterocycles. The van der Waals surface area contributed by atoms with Crippen molar-refractivity contribution < 1.29 is 14.6 Å². The van der Waals surface area contributed by atoms with Crippen LogP contribution in [0.4, 0.5) is 5.69 Å². The zero-order valence-electron chi connectivity index (χ0n) is 10.8. The summed E-state index contributed by atoms with van der Waals surface area (Å²) in [4.78, 5) is 13.5. The van der Waals surface area contributed by atoms with Crippen LogP contribution in [0, 0.1) is 0 Å². The lowest BCUT2D eigenvalue weighted by Crippen LogP contribution is -2.41. The van der Waals surface area contributed by atoms with Crippen LogP contribution >= 0.6 is 0 Å². The molecule has 100 valence electrons. The number of carbonyl (C=O) groups excluding carboxylic acids is 1. The summed E-state index contributed by atoms with van der Waals surface area (Å²) < 4.78 is 5.38. The topological polar surface area (TPSA) is 75.8 Å². The molecule has 0 bridgehead atoms. The van der Waals surface area contributed by atoms with Crippen LogP contribution in [0.5, 0.6) is 5.75 Å². The Labute approximate surface area is 107 Å². The van der Waals surface area contributed by atoms with E-state index in [1.54, 1.807) is 29.2 Å². The van der Waals surface area contributed by atoms with Crippen LogP contribution in [0.1, 0.15) is 13.8 Å². The van der Waals surface area contributed by atoms with Gasteiger partial charge in [0.2, 0.25) is 0 Å². The van der Waals surface area contributed by atoms with Crippen molar-refractivity contribution in [2.24, 2.45) is 0 Å². The number of nitrogens with two attached hydrogens (primary N) is 1. The smallest absolute Gasteiger partial charge is 0.260 e. The minimum absolute atomic E-state index is 0.0290. The first-order valence-corrected chi connectivity index (χ1v) is 5.94. The van der Waals surface area contributed by atoms with E-state index in [1.807, 2.05) is 13.8 Å². The number of rotatable bonds is 6. The summed E-state index contributed by atoms with van der Waals surface area (Å²) in [5.41, 5.74) is 6.21. The molecule has 0 aliphatic rings. The SMILES string of the molecule is CC(C)N(CCO)C(=O)COc1ccccc1N. The third kappa shape index (κ3) is 3.92. The highest BCUT2D eigenvalue weighted by molar-refractivity contribution is 5.78. The Hall–Kier alpha value is -1.75. The second kappa shape index (κ2) is 6.86. The lowest BCUT2D eigenvalue weighted by Gasteiger charge is -2.25. The Morgan fingerprint density at radius 1 is 1.44 bits per heavy atom. The van der Waals surface area contributed by atoms with Crippen LogP contribution in [0.3, 0.4) is 0 Å². The van der Waals surface area contributed by atoms with Gasteiger partial charge in [0.1, 0.15) is 5.75 Å². The number of nitrogens with zero attached hydrogens (tertiary/aromatic N) is 1. The molecule has 1 aromatic rings. The van der Waals surface area contributed by atoms with Gasteiger partial charge in [-0.2, -0.15) is 0 Å². The first-order valence-electron chi connectivity index (χ1n) is 5.94. The monoisotopic (exact) mass is 252 g/mol. The molecule has 0 saturated carbocycles. The molecule has 0 fully saturated rings. The van der Waals surface area contributed by atoms with Crippen molar-refractivity contribution in [3.63, 3.8) is 0 Å². The molecule has 0 heterocycles. The predicted octanol–water partition coefficient (Wildman–Crippen LogP) is 0.877. The molecule has 0 aliphatic heterocycles. The third-order valence-corrected chi connectivity index (χ3v) is 2.55. The van der Waals surface area contributed by atoms with Gasteiger partial charge in [-0.1, -0.05) is 12.1 Å². The minimum atomic E-state index is -0.165. The van der Waals surface area contributed by atoms with E-state index in [0.717, 1.165) is 0 Å². The molecule has 0 radical (unpaired) electrons. The van der Waals surface area contributed by atoms with Crippen molar-refractivity contribution in [2.45, 2.75) is 19.9 Å². The van der Waals surface area contributed by atoms with Crippen LogP contribution in [0.15, 0.2) is 24.3 Å². The predicted molar refractivity (Wildman–Crippen MR) is 70.3 cm³/mol. The second-order valence-electron chi connectivity index (χ2n) is 4.23. The Balaban J connectivity index is 2.57. The lowest BCUT2D eigenvalue weighted by molar-refractivity contribution is -0.135. The van der Waals surface area contributed by atoms with Crippen molar-refractivity contribution in [2.75, 3.05) is 25.5 Å². The summed E-state index contributed by atoms with van der Waals surface area (Å²) in [6, 6.07) is 7.06. The van der Waals surface area contributed by atoms with E-state index >= 15 is 0 Å². The minimum Gasteiger partial charge on any atom is -0.482 e. The van der Waals surface area contributed by atoms with Crippen molar-refractivity contribution >= 4 is 11.6 Å². The molecule has 0 aliphatic carbocycles. The normalized spacial score (nSPS) is 10.4. The number of aliphatic hydroxyl groups is 1. The number of nitrogen functional groups attached to an aromatic ring is 1. The highest BCUT2D eigenvalue weighted by Gasteiger charge is 2.17. The standard InChI is InChI=1S/C13H20N2O3/c1-10(2)15(7-8-16)13(17)9-18-12-6-4-3-5-11(12)14/h3-6,10,16H,7-9,14H2,1-2H3. The fourth-order valence-corrected chi connectivity index (χ4v) is 1.61. The summed E-state index contributed by atoms with van der Waals surface area (Å²) in [7, 11) is 0. The average Bonchev–Trinajstić information content (AvgIpc) is 2.34. The highest BCUT2D eigenvalue weighted by atomic mass is 16.5. The maximum absolute atomic E-state index is 11.9. The highest BCUT2D eigenvalue weighted by Crippen LogP contribution is 2.19. The van der Waals surface area contributed by atoms with E-state index in [2.05, 4.69) is 0 Å². The van der Waals surface area contributed by atoms with Crippen molar-refractivity contribution in [3.05, 3.63) is 24.3 Å². The molecule has 0 aromatic heterocycles. The van der Waals surface area contributed by atoms with Crippen molar-refractivity contribution in [1.29, 1.82) is 0 Å². The van der Waals surface area contributed by atoms with Gasteiger partial charge < -0.3 is 20.5 Å². The van der Waals surface area contributed by atoms with E-state index in [-0.39, 0.29) is 25.2 Å². The Morgan fingerprint density at radius 2 is 2.11 bits per heavy atom. The van der Waals surface area contributed by atoms with Crippen molar-refractivity contribution in [1.82, 2.24) is 4.90 Å². The fourth-order valence-electron chi connectivity index (χ4n) is 1.61. The molecule has 5 nitrogen and oxygen atoms in total. The van der Waals surface area contributed by atoms with Gasteiger partial charge in [-0.05, 0) is 26.0 Å². The van der Waals surface area contributed by atoms with Gasteiger partial charge >= 0.3 is 0 Å². The largest absolute Gasteiger partial charge is 0.482 e. The van der Waals surface area contributed by atoms with Crippen molar-refractivity contribution in [3.8, 4) is 5.75 Å². The zero-order valence-corrected chi connectivity index (χ0v) is 10.8. The summed E-state index contributed by atoms with van der Waals surface area (Å²) in [6.45, 7) is 3.96. The summed E-state index contributed by atoms with van der Waals surface area (Å²) in [5.74, 6) is 0.334. The van der Waals surface area contributed by atoms with Crippen LogP contribution < -0.4 is 10.5 Å². The molecule has 3 N–H and O–H groups in total. The quantitative estimate of drug-likeness (QED) is 0.737. The van der Waals surface area contributed by atoms with Gasteiger partial charge in [0.15, 0.2) is 6.61 Å². The van der Waals surface area contributed by atoms with Gasteiger partial charge in [-0.15, -0.1) is 0 Å². The lowest BCUT2D eigenvalue weighted by atomic mass is 10.3. The van der Waals surface area contributed by atoms with E-state index in [1.165, 1.54) is 0 Å². The molecular weight excluding hydrogens is 232 g/mol. The molecular formula is C13H20N2O3. The molecule has 1 rings (SSSR count). The van der Waals surface area contributed by atoms with Gasteiger partial charge in [0.05, 0.1) is 12.3 Å². The van der Waals surface area contributed by atoms with Crippen LogP contribution in [0.2, 0.25) is 0 Å². The number of amides is 1. The number of carbonyl (C=O) groups is 1. The summed E-state index contributed by atoms with van der Waals surface area (Å²) in [6.07, 6.45) is 0. The van der Waals surface area contributed by atoms with Gasteiger partial charge in [-0.25, -0.2) is 0 Å². The average molecular weight is 252 g/mol. The van der Waals surface area contributed by atoms with Gasteiger partial charge in [0, 0.05) is 12.6 Å². The summed E-state index contributed by atoms with van der Waals surface area (Å²) >= 11 is 0. The van der Waals surface area contributed by atoms with Crippen LogP contribution in [0.25, 0.3) is 0 Å². The third-order valence-electron chi connectivity index (χ3n) is 2.55. The Bertz CT molecular complexity index is 394. The fraction of sp³-hybridized carbons (Fsp3) is 0.462. The van der Waals surface area contributed by atoms with E-state index < -0.39 is 0 Å². The van der Waals surface area contributed by atoms with E-state index in [9.17, 15) is 4.79 Å². The van der Waals surface area contributed by atoms with Crippen LogP contribution in [-0.4, -0.2) is 41.7 Å². The number of ether oxygens (including phenoxy) is 1. The second-order valence-corrected chi connectivity index (χ2v) is 4.23. The molecule has 0 spiro atoms. The maximum atomic E-state index is 11.9. The van der Waals surface area contributed by atoms with Crippen LogP contribution in [-0.2, 0) is 4.79 Å². The number of hydrogen-bond acceptors (Lipinski definition) is 4. The number of anilines is 1. The molecule has 5 heteroatoms. The number of benzene rings is 1. The van der Waals surface area contributed by atoms with Gasteiger partial charge in [0.25, 0.3) is 5.91 Å². The number of para-hydroxylation sites is 2. The first-order chi connectivity index (χ1) is 8.56. The van der Waals surface area contributed by atoms with E-state index in [4.69, 9.17) is 15.6 Å². The number of hydrogen-bond donors (Lipinski definition) is 2. The Kier molecular flexibility index (Phi) is 5.45. The molecule has 0 atom stereocenters. The molecule has 1 aromatic carbocycles.